The quantitative estimate of drug-likeness (QED) is 0.571. The third-order valence-electron chi connectivity index (χ3n) is 3.77. The Morgan fingerprint density at radius 2 is 2.17 bits per heavy atom. The van der Waals surface area contributed by atoms with Crippen molar-refractivity contribution in [3.05, 3.63) is 36.7 Å². The molecule has 3 heterocycles. The molecule has 7 nitrogen and oxygen atoms in total. The van der Waals surface area contributed by atoms with Crippen molar-refractivity contribution in [2.75, 3.05) is 11.9 Å². The van der Waals surface area contributed by atoms with Crippen LogP contribution in [0.3, 0.4) is 0 Å². The number of hydrogen-bond donors (Lipinski definition) is 2. The highest BCUT2D eigenvalue weighted by Crippen LogP contribution is 2.31. The molecule has 118 valence electrons. The number of rotatable bonds is 3. The molecule has 0 spiro atoms. The monoisotopic (exact) mass is 315 g/mol. The summed E-state index contributed by atoms with van der Waals surface area (Å²) >= 11 is 0. The molecule has 1 aliphatic heterocycles. The Kier molecular flexibility index (Phi) is 3.30. The lowest BCUT2D eigenvalue weighted by atomic mass is 10.3. The number of nitrogens with one attached hydrogen (secondary N) is 1. The van der Waals surface area contributed by atoms with Gasteiger partial charge >= 0.3 is 6.08 Å². The summed E-state index contributed by atoms with van der Waals surface area (Å²) < 4.78 is 21.2. The Morgan fingerprint density at radius 1 is 1.30 bits per heavy atom. The predicted molar refractivity (Wildman–Crippen MR) is 80.9 cm³/mol. The van der Waals surface area contributed by atoms with Crippen LogP contribution in [-0.2, 0) is 4.74 Å². The first kappa shape index (κ1) is 13.9. The molecular formula is C15H14FN5O2. The SMILES string of the molecule is Oc1ccccc1Nc1nc(F)nc2c1ncn2C1CCCO1. The van der Waals surface area contributed by atoms with Gasteiger partial charge in [0.2, 0.25) is 0 Å². The predicted octanol–water partition coefficient (Wildman–Crippen LogP) is 2.72. The molecule has 1 unspecified atom stereocenters. The number of anilines is 2. The van der Waals surface area contributed by atoms with Gasteiger partial charge < -0.3 is 15.2 Å². The highest BCUT2D eigenvalue weighted by molar-refractivity contribution is 5.85. The molecule has 0 bridgehead atoms. The Bertz CT molecular complexity index is 860. The lowest BCUT2D eigenvalue weighted by molar-refractivity contribution is 0.0592. The van der Waals surface area contributed by atoms with Gasteiger partial charge in [-0.25, -0.2) is 4.98 Å². The van der Waals surface area contributed by atoms with Crippen LogP contribution in [0, 0.1) is 6.08 Å². The summed E-state index contributed by atoms with van der Waals surface area (Å²) in [5, 5.41) is 12.7. The number of imidazole rings is 1. The van der Waals surface area contributed by atoms with E-state index < -0.39 is 6.08 Å². The standard InChI is InChI=1S/C15H14FN5O2/c16-15-19-13(18-9-4-1-2-5-10(9)22)12-14(20-15)21(8-17-12)11-6-3-7-23-11/h1-2,4-5,8,11,22H,3,6-7H2,(H,18,19,20). The van der Waals surface area contributed by atoms with Gasteiger partial charge in [0.1, 0.15) is 12.0 Å². The van der Waals surface area contributed by atoms with Crippen LogP contribution in [0.2, 0.25) is 0 Å². The van der Waals surface area contributed by atoms with Crippen molar-refractivity contribution >= 4 is 22.7 Å². The second-order valence-electron chi connectivity index (χ2n) is 5.28. The molecule has 3 aromatic rings. The van der Waals surface area contributed by atoms with Crippen LogP contribution >= 0.6 is 0 Å². The van der Waals surface area contributed by atoms with E-state index in [1.54, 1.807) is 29.1 Å². The number of ether oxygens (including phenoxy) is 1. The van der Waals surface area contributed by atoms with Gasteiger partial charge in [0.25, 0.3) is 0 Å². The van der Waals surface area contributed by atoms with Gasteiger partial charge in [0.05, 0.1) is 12.0 Å². The van der Waals surface area contributed by atoms with Crippen LogP contribution in [-0.4, -0.2) is 31.2 Å². The number of nitrogens with zero attached hydrogens (tertiary/aromatic N) is 4. The zero-order valence-electron chi connectivity index (χ0n) is 12.1. The summed E-state index contributed by atoms with van der Waals surface area (Å²) in [5.74, 6) is 0.240. The van der Waals surface area contributed by atoms with E-state index in [0.717, 1.165) is 12.8 Å². The second kappa shape index (κ2) is 5.47. The van der Waals surface area contributed by atoms with E-state index in [1.165, 1.54) is 6.07 Å². The second-order valence-corrected chi connectivity index (χ2v) is 5.28. The highest BCUT2D eigenvalue weighted by atomic mass is 19.1. The number of benzene rings is 1. The highest BCUT2D eigenvalue weighted by Gasteiger charge is 2.22. The summed E-state index contributed by atoms with van der Waals surface area (Å²) in [6.07, 6.45) is 2.30. The van der Waals surface area contributed by atoms with Crippen LogP contribution in [0.15, 0.2) is 30.6 Å². The van der Waals surface area contributed by atoms with Crippen LogP contribution in [0.5, 0.6) is 5.75 Å². The van der Waals surface area contributed by atoms with Crippen molar-refractivity contribution in [3.8, 4) is 5.75 Å². The van der Waals surface area contributed by atoms with Crippen molar-refractivity contribution in [1.29, 1.82) is 0 Å². The zero-order chi connectivity index (χ0) is 15.8. The summed E-state index contributed by atoms with van der Waals surface area (Å²) in [6, 6.07) is 6.64. The number of hydrogen-bond acceptors (Lipinski definition) is 6. The van der Waals surface area contributed by atoms with E-state index >= 15 is 0 Å². The Labute approximate surface area is 130 Å². The fourth-order valence-corrected chi connectivity index (χ4v) is 2.67. The molecule has 23 heavy (non-hydrogen) atoms. The topological polar surface area (TPSA) is 85.1 Å². The molecule has 0 saturated carbocycles. The smallest absolute Gasteiger partial charge is 0.312 e. The van der Waals surface area contributed by atoms with E-state index in [2.05, 4.69) is 20.3 Å². The van der Waals surface area contributed by atoms with Crippen LogP contribution in [0.25, 0.3) is 11.2 Å². The van der Waals surface area contributed by atoms with Crippen LogP contribution in [0.4, 0.5) is 15.9 Å². The molecule has 1 aliphatic rings. The van der Waals surface area contributed by atoms with Gasteiger partial charge in [0, 0.05) is 6.61 Å². The van der Waals surface area contributed by atoms with Crippen LogP contribution in [0.1, 0.15) is 19.1 Å². The van der Waals surface area contributed by atoms with Crippen molar-refractivity contribution in [1.82, 2.24) is 19.5 Å². The zero-order valence-corrected chi connectivity index (χ0v) is 12.1. The molecule has 0 amide bonds. The summed E-state index contributed by atoms with van der Waals surface area (Å²) in [6.45, 7) is 0.668. The van der Waals surface area contributed by atoms with Gasteiger partial charge in [-0.15, -0.1) is 0 Å². The van der Waals surface area contributed by atoms with E-state index in [9.17, 15) is 9.50 Å². The Balaban J connectivity index is 1.79. The fraction of sp³-hybridized carbons (Fsp3) is 0.267. The number of phenols is 1. The maximum Gasteiger partial charge on any atom is 0.312 e. The first-order valence-electron chi connectivity index (χ1n) is 7.29. The average Bonchev–Trinajstić information content (AvgIpc) is 3.18. The summed E-state index contributed by atoms with van der Waals surface area (Å²) in [5.41, 5.74) is 1.20. The first-order chi connectivity index (χ1) is 11.2. The van der Waals surface area contributed by atoms with Crippen molar-refractivity contribution in [3.63, 3.8) is 0 Å². The number of halogens is 1. The fourth-order valence-electron chi connectivity index (χ4n) is 2.67. The molecule has 1 saturated heterocycles. The number of phenolic OH excluding ortho intramolecular Hbond substituents is 1. The largest absolute Gasteiger partial charge is 0.506 e. The molecule has 1 fully saturated rings. The van der Waals surface area contributed by atoms with E-state index in [1.807, 2.05) is 0 Å². The first-order valence-corrected chi connectivity index (χ1v) is 7.29. The van der Waals surface area contributed by atoms with Crippen molar-refractivity contribution in [2.24, 2.45) is 0 Å². The molecular weight excluding hydrogens is 301 g/mol. The molecule has 0 radical (unpaired) electrons. The normalized spacial score (nSPS) is 17.7. The van der Waals surface area contributed by atoms with Gasteiger partial charge in [-0.2, -0.15) is 14.4 Å². The van der Waals surface area contributed by atoms with E-state index in [-0.39, 0.29) is 17.8 Å². The lowest BCUT2D eigenvalue weighted by Crippen LogP contribution is -2.08. The molecule has 1 atom stereocenters. The third kappa shape index (κ3) is 2.46. The summed E-state index contributed by atoms with van der Waals surface area (Å²) in [7, 11) is 0. The maximum atomic E-state index is 13.8. The minimum Gasteiger partial charge on any atom is -0.506 e. The van der Waals surface area contributed by atoms with Crippen molar-refractivity contribution < 1.29 is 14.2 Å². The van der Waals surface area contributed by atoms with Gasteiger partial charge in [-0.3, -0.25) is 4.57 Å². The third-order valence-corrected chi connectivity index (χ3v) is 3.77. The summed E-state index contributed by atoms with van der Waals surface area (Å²) in [4.78, 5) is 11.9. The van der Waals surface area contributed by atoms with Gasteiger partial charge in [-0.1, -0.05) is 12.1 Å². The van der Waals surface area contributed by atoms with Crippen molar-refractivity contribution in [2.45, 2.75) is 19.1 Å². The molecule has 2 N–H and O–H groups in total. The minimum absolute atomic E-state index is 0.0400. The Hall–Kier alpha value is -2.74. The molecule has 0 aliphatic carbocycles. The Morgan fingerprint density at radius 3 is 2.96 bits per heavy atom. The van der Waals surface area contributed by atoms with Crippen LogP contribution < -0.4 is 5.32 Å². The molecule has 8 heteroatoms. The van der Waals surface area contributed by atoms with E-state index in [4.69, 9.17) is 4.74 Å². The van der Waals surface area contributed by atoms with Gasteiger partial charge in [-0.05, 0) is 25.0 Å². The minimum atomic E-state index is -0.866. The molecule has 2 aromatic heterocycles. The van der Waals surface area contributed by atoms with E-state index in [0.29, 0.717) is 23.5 Å². The number of para-hydroxylation sites is 2. The lowest BCUT2D eigenvalue weighted by Gasteiger charge is -2.12. The average molecular weight is 315 g/mol. The number of aromatic nitrogens is 4. The number of fused-ring (bicyclic) bond motifs is 1. The molecule has 4 rings (SSSR count). The number of aromatic hydroxyl groups is 1. The maximum absolute atomic E-state index is 13.8. The van der Waals surface area contributed by atoms with Gasteiger partial charge in [0.15, 0.2) is 17.0 Å². The molecule has 1 aromatic carbocycles.